The van der Waals surface area contributed by atoms with Gasteiger partial charge in [0.15, 0.2) is 5.82 Å². The second kappa shape index (κ2) is 6.69. The molecule has 1 fully saturated rings. The number of hydrogen-bond acceptors (Lipinski definition) is 4. The zero-order valence-electron chi connectivity index (χ0n) is 13.5. The minimum Gasteiger partial charge on any atom is -0.389 e. The highest BCUT2D eigenvalue weighted by atomic mass is 32.1. The number of nitrogens with two attached hydrogens (primary N) is 1. The summed E-state index contributed by atoms with van der Waals surface area (Å²) in [6.07, 6.45) is 4.36. The lowest BCUT2D eigenvalue weighted by molar-refractivity contribution is 0.628. The molecule has 1 aliphatic rings. The van der Waals surface area contributed by atoms with Gasteiger partial charge in [-0.15, -0.1) is 5.10 Å². The lowest BCUT2D eigenvalue weighted by Gasteiger charge is -2.30. The van der Waals surface area contributed by atoms with E-state index in [1.54, 1.807) is 0 Å². The Balaban J connectivity index is 2.51. The summed E-state index contributed by atoms with van der Waals surface area (Å²) in [6, 6.07) is 0.366. The smallest absolute Gasteiger partial charge is 0.162 e. The summed E-state index contributed by atoms with van der Waals surface area (Å²) in [5, 5.41) is 8.93. The SMILES string of the molecule is CCc1nnc(N(CC2CC2)C(C)C)c(C(N)=S)c1CC. The molecule has 5 heteroatoms. The summed E-state index contributed by atoms with van der Waals surface area (Å²) in [7, 11) is 0. The molecule has 0 aliphatic heterocycles. The van der Waals surface area contributed by atoms with Crippen molar-refractivity contribution >= 4 is 23.0 Å². The Morgan fingerprint density at radius 1 is 1.29 bits per heavy atom. The van der Waals surface area contributed by atoms with Crippen LogP contribution in [0, 0.1) is 5.92 Å². The number of rotatable bonds is 7. The monoisotopic (exact) mass is 306 g/mol. The molecule has 21 heavy (non-hydrogen) atoms. The molecule has 0 atom stereocenters. The van der Waals surface area contributed by atoms with Crippen LogP contribution in [0.1, 0.15) is 57.4 Å². The van der Waals surface area contributed by atoms with Gasteiger partial charge >= 0.3 is 0 Å². The van der Waals surface area contributed by atoms with Crippen molar-refractivity contribution in [1.82, 2.24) is 10.2 Å². The van der Waals surface area contributed by atoms with E-state index in [-0.39, 0.29) is 0 Å². The van der Waals surface area contributed by atoms with Gasteiger partial charge < -0.3 is 10.6 Å². The van der Waals surface area contributed by atoms with Gasteiger partial charge in [0.05, 0.1) is 11.3 Å². The third kappa shape index (κ3) is 3.51. The Bertz CT molecular complexity index is 523. The van der Waals surface area contributed by atoms with Gasteiger partial charge in [-0.2, -0.15) is 5.10 Å². The maximum absolute atomic E-state index is 6.04. The van der Waals surface area contributed by atoms with Crippen LogP contribution in [0.4, 0.5) is 5.82 Å². The standard InChI is InChI=1S/C16H26N4S/c1-5-12-13(6-2)18-19-16(14(12)15(17)21)20(10(3)4)9-11-7-8-11/h10-11H,5-9H2,1-4H3,(H2,17,21). The maximum atomic E-state index is 6.04. The molecule has 1 heterocycles. The van der Waals surface area contributed by atoms with Crippen molar-refractivity contribution in [3.8, 4) is 0 Å². The summed E-state index contributed by atoms with van der Waals surface area (Å²) >= 11 is 5.33. The summed E-state index contributed by atoms with van der Waals surface area (Å²) in [6.45, 7) is 9.62. The highest BCUT2D eigenvalue weighted by Crippen LogP contribution is 2.33. The second-order valence-corrected chi connectivity index (χ2v) is 6.52. The number of aromatic nitrogens is 2. The fraction of sp³-hybridized carbons (Fsp3) is 0.688. The molecule has 1 aromatic heterocycles. The fourth-order valence-electron chi connectivity index (χ4n) is 2.74. The number of nitrogens with zero attached hydrogens (tertiary/aromatic N) is 3. The molecular weight excluding hydrogens is 280 g/mol. The van der Waals surface area contributed by atoms with Crippen LogP contribution in [-0.4, -0.2) is 27.8 Å². The molecule has 0 unspecified atom stereocenters. The predicted molar refractivity (Wildman–Crippen MR) is 91.9 cm³/mol. The molecule has 0 bridgehead atoms. The number of anilines is 1. The lowest BCUT2D eigenvalue weighted by Crippen LogP contribution is -2.36. The molecule has 0 amide bonds. The third-order valence-electron chi connectivity index (χ3n) is 4.12. The molecule has 4 nitrogen and oxygen atoms in total. The van der Waals surface area contributed by atoms with Crippen LogP contribution in [0.25, 0.3) is 0 Å². The van der Waals surface area contributed by atoms with E-state index < -0.39 is 0 Å². The Morgan fingerprint density at radius 3 is 2.38 bits per heavy atom. The molecule has 2 N–H and O–H groups in total. The molecule has 0 aromatic carbocycles. The van der Waals surface area contributed by atoms with Gasteiger partial charge in [0.25, 0.3) is 0 Å². The van der Waals surface area contributed by atoms with Crippen molar-refractivity contribution < 1.29 is 0 Å². The van der Waals surface area contributed by atoms with Crippen molar-refractivity contribution in [3.05, 3.63) is 16.8 Å². The first-order valence-electron chi connectivity index (χ1n) is 7.94. The van der Waals surface area contributed by atoms with Crippen LogP contribution >= 0.6 is 12.2 Å². The highest BCUT2D eigenvalue weighted by molar-refractivity contribution is 7.80. The van der Waals surface area contributed by atoms with E-state index in [9.17, 15) is 0 Å². The van der Waals surface area contributed by atoms with Crippen molar-refractivity contribution in [2.24, 2.45) is 11.7 Å². The fourth-order valence-corrected chi connectivity index (χ4v) is 2.96. The van der Waals surface area contributed by atoms with E-state index in [4.69, 9.17) is 18.0 Å². The first-order chi connectivity index (χ1) is 9.99. The average Bonchev–Trinajstić information content (AvgIpc) is 3.26. The van der Waals surface area contributed by atoms with Crippen LogP contribution < -0.4 is 10.6 Å². The third-order valence-corrected chi connectivity index (χ3v) is 4.33. The molecule has 2 rings (SSSR count). The van der Waals surface area contributed by atoms with E-state index in [2.05, 4.69) is 42.8 Å². The first kappa shape index (κ1) is 16.1. The van der Waals surface area contributed by atoms with Gasteiger partial charge in [-0.3, -0.25) is 0 Å². The minimum atomic E-state index is 0.366. The molecule has 0 spiro atoms. The molecule has 1 saturated carbocycles. The van der Waals surface area contributed by atoms with E-state index in [1.807, 2.05) is 0 Å². The normalized spacial score (nSPS) is 14.5. The van der Waals surface area contributed by atoms with Crippen LogP contribution in [0.5, 0.6) is 0 Å². The number of hydrogen-bond donors (Lipinski definition) is 1. The van der Waals surface area contributed by atoms with Crippen molar-refractivity contribution in [2.45, 2.75) is 59.4 Å². The van der Waals surface area contributed by atoms with Gasteiger partial charge in [0.2, 0.25) is 0 Å². The van der Waals surface area contributed by atoms with Gasteiger partial charge in [-0.05, 0) is 51.0 Å². The second-order valence-electron chi connectivity index (χ2n) is 6.08. The van der Waals surface area contributed by atoms with Crippen molar-refractivity contribution in [3.63, 3.8) is 0 Å². The predicted octanol–water partition coefficient (Wildman–Crippen LogP) is 2.86. The highest BCUT2D eigenvalue weighted by Gasteiger charge is 2.29. The van der Waals surface area contributed by atoms with E-state index in [1.165, 1.54) is 12.8 Å². The van der Waals surface area contributed by atoms with Crippen molar-refractivity contribution in [2.75, 3.05) is 11.4 Å². The van der Waals surface area contributed by atoms with Crippen LogP contribution in [-0.2, 0) is 12.8 Å². The Kier molecular flexibility index (Phi) is 5.14. The Labute approximate surface area is 133 Å². The summed E-state index contributed by atoms with van der Waals surface area (Å²) in [4.78, 5) is 2.76. The van der Waals surface area contributed by atoms with Crippen LogP contribution in [0.3, 0.4) is 0 Å². The molecule has 116 valence electrons. The minimum absolute atomic E-state index is 0.366. The maximum Gasteiger partial charge on any atom is 0.162 e. The van der Waals surface area contributed by atoms with E-state index in [0.717, 1.165) is 47.9 Å². The molecule has 1 aliphatic carbocycles. The average molecular weight is 306 g/mol. The zero-order valence-corrected chi connectivity index (χ0v) is 14.3. The summed E-state index contributed by atoms with van der Waals surface area (Å²) < 4.78 is 0. The summed E-state index contributed by atoms with van der Waals surface area (Å²) in [5.41, 5.74) is 9.15. The molecular formula is C16H26N4S. The largest absolute Gasteiger partial charge is 0.389 e. The van der Waals surface area contributed by atoms with Gasteiger partial charge in [0.1, 0.15) is 4.99 Å². The van der Waals surface area contributed by atoms with Gasteiger partial charge in [-0.1, -0.05) is 26.1 Å². The zero-order chi connectivity index (χ0) is 15.6. The quantitative estimate of drug-likeness (QED) is 0.785. The molecule has 1 aromatic rings. The molecule has 0 saturated heterocycles. The van der Waals surface area contributed by atoms with Crippen molar-refractivity contribution in [1.29, 1.82) is 0 Å². The van der Waals surface area contributed by atoms with Crippen LogP contribution in [0.15, 0.2) is 0 Å². The topological polar surface area (TPSA) is 55.0 Å². The molecule has 0 radical (unpaired) electrons. The van der Waals surface area contributed by atoms with E-state index in [0.29, 0.717) is 11.0 Å². The Morgan fingerprint density at radius 2 is 1.95 bits per heavy atom. The Hall–Kier alpha value is -1.23. The van der Waals surface area contributed by atoms with Gasteiger partial charge in [0, 0.05) is 12.6 Å². The lowest BCUT2D eigenvalue weighted by atomic mass is 10.0. The number of aryl methyl sites for hydroxylation is 1. The van der Waals surface area contributed by atoms with Gasteiger partial charge in [-0.25, -0.2) is 0 Å². The first-order valence-corrected chi connectivity index (χ1v) is 8.35. The number of thiocarbonyl (C=S) groups is 1. The summed E-state index contributed by atoms with van der Waals surface area (Å²) in [5.74, 6) is 1.66. The van der Waals surface area contributed by atoms with E-state index >= 15 is 0 Å². The van der Waals surface area contributed by atoms with Crippen LogP contribution in [0.2, 0.25) is 0 Å².